The van der Waals surface area contributed by atoms with Gasteiger partial charge in [-0.15, -0.1) is 0 Å². The number of nitrogens with one attached hydrogen (secondary N) is 1. The third-order valence-electron chi connectivity index (χ3n) is 3.27. The van der Waals surface area contributed by atoms with Gasteiger partial charge in [0.2, 0.25) is 0 Å². The van der Waals surface area contributed by atoms with Crippen LogP contribution < -0.4 is 0 Å². The number of benzene rings is 2. The fraction of sp³-hybridized carbons (Fsp3) is 0.211. The van der Waals surface area contributed by atoms with E-state index in [-0.39, 0.29) is 52.1 Å². The lowest BCUT2D eigenvalue weighted by Gasteiger charge is -2.05. The Bertz CT molecular complexity index is 815. The van der Waals surface area contributed by atoms with Crippen molar-refractivity contribution in [2.24, 2.45) is 9.98 Å². The molecule has 0 saturated carbocycles. The van der Waals surface area contributed by atoms with Gasteiger partial charge in [-0.2, -0.15) is 26.3 Å². The summed E-state index contributed by atoms with van der Waals surface area (Å²) in [5.41, 5.74) is -7.26. The van der Waals surface area contributed by atoms with Crippen molar-refractivity contribution < 1.29 is 26.3 Å². The highest BCUT2D eigenvalue weighted by molar-refractivity contribution is 8.00. The van der Waals surface area contributed by atoms with Gasteiger partial charge in [0.15, 0.2) is 0 Å². The van der Waals surface area contributed by atoms with Gasteiger partial charge < -0.3 is 5.41 Å². The molecule has 11 heteroatoms. The number of hydrogen-bond donors (Lipinski definition) is 1. The minimum atomic E-state index is -4.34. The zero-order chi connectivity index (χ0) is 22.2. The second-order valence-electron chi connectivity index (χ2n) is 5.78. The molecule has 1 N–H and O–H groups in total. The predicted octanol–water partition coefficient (Wildman–Crippen LogP) is 6.47. The average Bonchev–Trinajstić information content (AvgIpc) is 2.62. The van der Waals surface area contributed by atoms with Gasteiger partial charge >= 0.3 is 11.0 Å². The van der Waals surface area contributed by atoms with Crippen LogP contribution in [0, 0.1) is 5.41 Å². The second-order valence-corrected chi connectivity index (χ2v) is 8.05. The number of thioether (sulfide) groups is 2. The van der Waals surface area contributed by atoms with E-state index >= 15 is 0 Å². The number of aliphatic imine (C=N–C) groups is 2. The summed E-state index contributed by atoms with van der Waals surface area (Å²) in [6.45, 7) is 0.134. The van der Waals surface area contributed by atoms with Crippen molar-refractivity contribution in [1.82, 2.24) is 0 Å². The molecule has 0 atom stereocenters. The molecule has 0 fully saturated rings. The lowest BCUT2D eigenvalue weighted by molar-refractivity contribution is -0.0337. The summed E-state index contributed by atoms with van der Waals surface area (Å²) in [6, 6.07) is 11.4. The van der Waals surface area contributed by atoms with Crippen LogP contribution in [0.3, 0.4) is 0 Å². The maximum Gasteiger partial charge on any atom is 0.446 e. The van der Waals surface area contributed by atoms with Gasteiger partial charge in [0.25, 0.3) is 0 Å². The summed E-state index contributed by atoms with van der Waals surface area (Å²) in [5, 5.41) is 7.80. The zero-order valence-electron chi connectivity index (χ0n) is 15.2. The Labute approximate surface area is 177 Å². The highest BCUT2D eigenvalue weighted by atomic mass is 32.2. The molecule has 0 aliphatic heterocycles. The van der Waals surface area contributed by atoms with Gasteiger partial charge in [-0.3, -0.25) is 9.98 Å². The van der Waals surface area contributed by atoms with E-state index in [0.717, 1.165) is 0 Å². The van der Waals surface area contributed by atoms with Crippen molar-refractivity contribution in [1.29, 1.82) is 5.41 Å². The van der Waals surface area contributed by atoms with Crippen molar-refractivity contribution in [2.45, 2.75) is 20.8 Å². The minimum absolute atomic E-state index is 0.0670. The Morgan fingerprint density at radius 2 is 1.03 bits per heavy atom. The summed E-state index contributed by atoms with van der Waals surface area (Å²) >= 11 is -0.394. The standard InChI is InChI=1S/C19H15F6N3S2/c20-18(21,22)29-16-5-1-13(2-6-16)9-27-11-15(26)12-28-10-14-3-7-17(8-4-14)30-19(23,24)25/h1-10,26H,11-12H2. The van der Waals surface area contributed by atoms with Crippen LogP contribution in [0.4, 0.5) is 26.3 Å². The first-order valence-corrected chi connectivity index (χ1v) is 9.91. The van der Waals surface area contributed by atoms with Crippen LogP contribution in [0.1, 0.15) is 11.1 Å². The van der Waals surface area contributed by atoms with Gasteiger partial charge in [0, 0.05) is 22.2 Å². The molecule has 0 unspecified atom stereocenters. The van der Waals surface area contributed by atoms with Crippen LogP contribution in [0.2, 0.25) is 0 Å². The molecule has 0 heterocycles. The van der Waals surface area contributed by atoms with Crippen molar-refractivity contribution in [3.63, 3.8) is 0 Å². The Hall–Kier alpha value is -2.27. The van der Waals surface area contributed by atoms with Crippen molar-refractivity contribution in [2.75, 3.05) is 13.1 Å². The third-order valence-corrected chi connectivity index (χ3v) is 4.75. The van der Waals surface area contributed by atoms with E-state index in [1.54, 1.807) is 0 Å². The summed E-state index contributed by atoms with van der Waals surface area (Å²) in [7, 11) is 0. The van der Waals surface area contributed by atoms with Gasteiger partial charge in [-0.05, 0) is 58.9 Å². The molecule has 0 radical (unpaired) electrons. The molecule has 0 aliphatic carbocycles. The molecule has 0 aliphatic rings. The Kier molecular flexibility index (Phi) is 8.54. The molecule has 160 valence electrons. The van der Waals surface area contributed by atoms with Crippen molar-refractivity contribution in [3.8, 4) is 0 Å². The van der Waals surface area contributed by atoms with Gasteiger partial charge in [-0.25, -0.2) is 0 Å². The molecule has 2 rings (SSSR count). The van der Waals surface area contributed by atoms with Crippen LogP contribution in [0.5, 0.6) is 0 Å². The summed E-state index contributed by atoms with van der Waals surface area (Å²) in [6.07, 6.45) is 2.91. The quantitative estimate of drug-likeness (QED) is 0.277. The van der Waals surface area contributed by atoms with Gasteiger partial charge in [0.05, 0.1) is 18.8 Å². The molecule has 0 spiro atoms. The van der Waals surface area contributed by atoms with E-state index in [0.29, 0.717) is 11.1 Å². The lowest BCUT2D eigenvalue weighted by Crippen LogP contribution is -2.06. The summed E-state index contributed by atoms with van der Waals surface area (Å²) in [4.78, 5) is 8.26. The molecule has 30 heavy (non-hydrogen) atoms. The van der Waals surface area contributed by atoms with Crippen LogP contribution in [-0.4, -0.2) is 42.2 Å². The van der Waals surface area contributed by atoms with Crippen LogP contribution >= 0.6 is 23.5 Å². The number of hydrogen-bond acceptors (Lipinski definition) is 5. The van der Waals surface area contributed by atoms with Crippen molar-refractivity contribution in [3.05, 3.63) is 59.7 Å². The fourth-order valence-electron chi connectivity index (χ4n) is 2.08. The second kappa shape index (κ2) is 10.7. The van der Waals surface area contributed by atoms with Crippen LogP contribution in [-0.2, 0) is 0 Å². The number of alkyl halides is 6. The molecule has 0 saturated heterocycles. The first-order valence-electron chi connectivity index (χ1n) is 8.28. The van der Waals surface area contributed by atoms with E-state index in [1.165, 1.54) is 61.0 Å². The first kappa shape index (κ1) is 24.0. The van der Waals surface area contributed by atoms with E-state index in [1.807, 2.05) is 0 Å². The molecule has 2 aromatic rings. The van der Waals surface area contributed by atoms with Gasteiger partial charge in [-0.1, -0.05) is 24.3 Å². The monoisotopic (exact) mass is 463 g/mol. The Morgan fingerprint density at radius 1 is 0.700 bits per heavy atom. The Morgan fingerprint density at radius 3 is 1.33 bits per heavy atom. The van der Waals surface area contributed by atoms with E-state index in [2.05, 4.69) is 9.98 Å². The zero-order valence-corrected chi connectivity index (χ0v) is 16.8. The van der Waals surface area contributed by atoms with Crippen LogP contribution in [0.25, 0.3) is 0 Å². The van der Waals surface area contributed by atoms with Crippen LogP contribution in [0.15, 0.2) is 68.3 Å². The van der Waals surface area contributed by atoms with E-state index < -0.39 is 11.0 Å². The smallest absolute Gasteiger partial charge is 0.306 e. The maximum absolute atomic E-state index is 12.3. The maximum atomic E-state index is 12.3. The normalized spacial score (nSPS) is 12.7. The molecule has 2 aromatic carbocycles. The molecule has 0 bridgehead atoms. The topological polar surface area (TPSA) is 48.6 Å². The fourth-order valence-corrected chi connectivity index (χ4v) is 3.16. The number of halogens is 6. The van der Waals surface area contributed by atoms with Gasteiger partial charge in [0.1, 0.15) is 0 Å². The molecule has 0 amide bonds. The predicted molar refractivity (Wildman–Crippen MR) is 109 cm³/mol. The highest BCUT2D eigenvalue weighted by Crippen LogP contribution is 2.37. The molecular formula is C19H15F6N3S2. The SMILES string of the molecule is N=C(CN=Cc1ccc(SC(F)(F)F)cc1)CN=Cc1ccc(SC(F)(F)F)cc1. The molecule has 3 nitrogen and oxygen atoms in total. The molecular weight excluding hydrogens is 448 g/mol. The number of nitrogens with zero attached hydrogens (tertiary/aromatic N) is 2. The summed E-state index contributed by atoms with van der Waals surface area (Å²) in [5.74, 6) is 0. The largest absolute Gasteiger partial charge is 0.446 e. The summed E-state index contributed by atoms with van der Waals surface area (Å²) < 4.78 is 73.7. The first-order chi connectivity index (χ1) is 14.0. The van der Waals surface area contributed by atoms with Crippen molar-refractivity contribution >= 4 is 41.7 Å². The average molecular weight is 463 g/mol. The lowest BCUT2D eigenvalue weighted by atomic mass is 10.2. The van der Waals surface area contributed by atoms with E-state index in [9.17, 15) is 26.3 Å². The minimum Gasteiger partial charge on any atom is -0.306 e. The Balaban J connectivity index is 1.78. The van der Waals surface area contributed by atoms with E-state index in [4.69, 9.17) is 5.41 Å². The molecule has 0 aromatic heterocycles. The highest BCUT2D eigenvalue weighted by Gasteiger charge is 2.29. The third kappa shape index (κ3) is 9.97. The number of rotatable bonds is 8.